The smallest absolute Gasteiger partial charge is 0.182 e. The number of ether oxygens (including phenoxy) is 1. The predicted octanol–water partition coefficient (Wildman–Crippen LogP) is 3.19. The minimum absolute atomic E-state index is 0.231. The van der Waals surface area contributed by atoms with E-state index in [1.165, 1.54) is 0 Å². The van der Waals surface area contributed by atoms with Crippen molar-refractivity contribution in [1.29, 1.82) is 0 Å². The van der Waals surface area contributed by atoms with Gasteiger partial charge in [0, 0.05) is 5.56 Å². The Hall–Kier alpha value is -1.35. The Balaban J connectivity index is 2.17. The summed E-state index contributed by atoms with van der Waals surface area (Å²) >= 11 is 0. The molecule has 1 fully saturated rings. The second-order valence-corrected chi connectivity index (χ2v) is 5.15. The molecule has 0 bridgehead atoms. The number of nitrogens with one attached hydrogen (secondary N) is 1. The first-order valence-electron chi connectivity index (χ1n) is 7.24. The first-order chi connectivity index (χ1) is 9.22. The minimum Gasteiger partial charge on any atom is -0.494 e. The van der Waals surface area contributed by atoms with Gasteiger partial charge in [0.1, 0.15) is 5.75 Å². The van der Waals surface area contributed by atoms with Crippen molar-refractivity contribution in [2.75, 3.05) is 13.2 Å². The quantitative estimate of drug-likeness (QED) is 0.799. The molecule has 1 N–H and O–H groups in total. The van der Waals surface area contributed by atoms with Gasteiger partial charge in [-0.3, -0.25) is 4.79 Å². The van der Waals surface area contributed by atoms with Crippen LogP contribution in [0.1, 0.15) is 49.9 Å². The Morgan fingerprint density at radius 2 is 2.05 bits per heavy atom. The lowest BCUT2D eigenvalue weighted by atomic mass is 9.84. The van der Waals surface area contributed by atoms with Crippen LogP contribution >= 0.6 is 0 Å². The van der Waals surface area contributed by atoms with Gasteiger partial charge in [-0.15, -0.1) is 0 Å². The van der Waals surface area contributed by atoms with Gasteiger partial charge in [-0.1, -0.05) is 13.3 Å². The third-order valence-electron chi connectivity index (χ3n) is 3.78. The lowest BCUT2D eigenvalue weighted by molar-refractivity contribution is 0.0857. The van der Waals surface area contributed by atoms with Crippen molar-refractivity contribution in [2.24, 2.45) is 0 Å². The number of carbonyl (C=O) groups excluding carboxylic acids is 1. The lowest BCUT2D eigenvalue weighted by Crippen LogP contribution is -2.47. The van der Waals surface area contributed by atoms with E-state index >= 15 is 0 Å². The maximum atomic E-state index is 12.7. The van der Waals surface area contributed by atoms with Gasteiger partial charge in [-0.05, 0) is 57.0 Å². The fourth-order valence-corrected chi connectivity index (χ4v) is 2.90. The van der Waals surface area contributed by atoms with Crippen LogP contribution in [0.3, 0.4) is 0 Å². The van der Waals surface area contributed by atoms with Gasteiger partial charge < -0.3 is 10.1 Å². The predicted molar refractivity (Wildman–Crippen MR) is 76.8 cm³/mol. The fraction of sp³-hybridized carbons (Fsp3) is 0.562. The molecule has 3 heteroatoms. The second kappa shape index (κ2) is 6.20. The van der Waals surface area contributed by atoms with E-state index in [2.05, 4.69) is 12.2 Å². The number of hydrogen-bond acceptors (Lipinski definition) is 3. The van der Waals surface area contributed by atoms with E-state index in [9.17, 15) is 4.79 Å². The number of ketones is 1. The molecule has 1 heterocycles. The monoisotopic (exact) mass is 261 g/mol. The van der Waals surface area contributed by atoms with E-state index in [4.69, 9.17) is 4.74 Å². The lowest BCUT2D eigenvalue weighted by Gasteiger charge is -2.27. The van der Waals surface area contributed by atoms with E-state index in [-0.39, 0.29) is 11.3 Å². The molecule has 1 aromatic carbocycles. The normalized spacial score (nSPS) is 22.4. The molecule has 1 aliphatic rings. The molecule has 19 heavy (non-hydrogen) atoms. The van der Waals surface area contributed by atoms with Crippen LogP contribution in [-0.2, 0) is 0 Å². The van der Waals surface area contributed by atoms with Crippen LogP contribution in [0.4, 0.5) is 0 Å². The van der Waals surface area contributed by atoms with Crippen molar-refractivity contribution >= 4 is 5.78 Å². The third kappa shape index (κ3) is 2.98. The third-order valence-corrected chi connectivity index (χ3v) is 3.78. The van der Waals surface area contributed by atoms with E-state index < -0.39 is 0 Å². The average molecular weight is 261 g/mol. The van der Waals surface area contributed by atoms with Crippen LogP contribution in [0, 0.1) is 0 Å². The summed E-state index contributed by atoms with van der Waals surface area (Å²) < 4.78 is 5.41. The molecule has 1 saturated heterocycles. The minimum atomic E-state index is -0.331. The van der Waals surface area contributed by atoms with Gasteiger partial charge in [0.15, 0.2) is 5.78 Å². The number of Topliss-reactive ketones (excluding diaryl/α,β-unsaturated/α-hetero) is 1. The highest BCUT2D eigenvalue weighted by Gasteiger charge is 2.40. The molecule has 1 atom stereocenters. The van der Waals surface area contributed by atoms with Crippen LogP contribution in [0.2, 0.25) is 0 Å². The highest BCUT2D eigenvalue weighted by Crippen LogP contribution is 2.29. The molecule has 0 saturated carbocycles. The maximum Gasteiger partial charge on any atom is 0.182 e. The second-order valence-electron chi connectivity index (χ2n) is 5.15. The maximum absolute atomic E-state index is 12.7. The fourth-order valence-electron chi connectivity index (χ4n) is 2.90. The van der Waals surface area contributed by atoms with Gasteiger partial charge in [-0.25, -0.2) is 0 Å². The molecule has 1 unspecified atom stereocenters. The molecular formula is C16H23NO2. The van der Waals surface area contributed by atoms with Crippen LogP contribution in [0.25, 0.3) is 0 Å². The van der Waals surface area contributed by atoms with Crippen molar-refractivity contribution in [3.63, 3.8) is 0 Å². The first kappa shape index (κ1) is 14.1. The molecule has 1 aliphatic heterocycles. The summed E-state index contributed by atoms with van der Waals surface area (Å²) in [6, 6.07) is 7.52. The molecule has 0 amide bonds. The van der Waals surface area contributed by atoms with Crippen LogP contribution < -0.4 is 10.1 Å². The Labute approximate surface area is 115 Å². The van der Waals surface area contributed by atoms with E-state index in [1.54, 1.807) is 0 Å². The van der Waals surface area contributed by atoms with Crippen molar-refractivity contribution in [2.45, 2.75) is 45.1 Å². The van der Waals surface area contributed by atoms with Crippen molar-refractivity contribution in [3.05, 3.63) is 29.8 Å². The van der Waals surface area contributed by atoms with Crippen molar-refractivity contribution in [1.82, 2.24) is 5.32 Å². The highest BCUT2D eigenvalue weighted by atomic mass is 16.5. The molecule has 0 aliphatic carbocycles. The molecule has 0 radical (unpaired) electrons. The Bertz CT molecular complexity index is 419. The summed E-state index contributed by atoms with van der Waals surface area (Å²) in [7, 11) is 0. The topological polar surface area (TPSA) is 38.3 Å². The van der Waals surface area contributed by atoms with Gasteiger partial charge in [0.25, 0.3) is 0 Å². The Morgan fingerprint density at radius 1 is 1.32 bits per heavy atom. The summed E-state index contributed by atoms with van der Waals surface area (Å²) in [5, 5.41) is 3.43. The zero-order valence-corrected chi connectivity index (χ0v) is 11.9. The Morgan fingerprint density at radius 3 is 2.58 bits per heavy atom. The zero-order chi connectivity index (χ0) is 13.7. The summed E-state index contributed by atoms with van der Waals surface area (Å²) in [5.74, 6) is 1.05. The molecule has 0 spiro atoms. The molecule has 3 nitrogen and oxygen atoms in total. The molecule has 104 valence electrons. The van der Waals surface area contributed by atoms with Crippen LogP contribution in [0.15, 0.2) is 24.3 Å². The molecule has 1 aromatic rings. The first-order valence-corrected chi connectivity index (χ1v) is 7.24. The summed E-state index contributed by atoms with van der Waals surface area (Å²) in [5.41, 5.74) is 0.452. The van der Waals surface area contributed by atoms with Gasteiger partial charge in [0.05, 0.1) is 12.1 Å². The summed E-state index contributed by atoms with van der Waals surface area (Å²) in [4.78, 5) is 12.7. The summed E-state index contributed by atoms with van der Waals surface area (Å²) in [6.07, 6.45) is 3.98. The van der Waals surface area contributed by atoms with Crippen LogP contribution in [-0.4, -0.2) is 24.5 Å². The van der Waals surface area contributed by atoms with Gasteiger partial charge >= 0.3 is 0 Å². The number of hydrogen-bond donors (Lipinski definition) is 1. The summed E-state index contributed by atoms with van der Waals surface area (Å²) in [6.45, 7) is 5.68. The molecule has 2 rings (SSSR count). The van der Waals surface area contributed by atoms with Gasteiger partial charge in [-0.2, -0.15) is 0 Å². The van der Waals surface area contributed by atoms with E-state index in [0.717, 1.165) is 43.5 Å². The van der Waals surface area contributed by atoms with E-state index in [1.807, 2.05) is 31.2 Å². The van der Waals surface area contributed by atoms with E-state index in [0.29, 0.717) is 6.61 Å². The average Bonchev–Trinajstić information content (AvgIpc) is 2.89. The highest BCUT2D eigenvalue weighted by molar-refractivity contribution is 6.03. The van der Waals surface area contributed by atoms with Crippen molar-refractivity contribution < 1.29 is 9.53 Å². The number of carbonyl (C=O) groups is 1. The SMILES string of the molecule is CCCC1(C(=O)c2ccc(OCC)cc2)CCCN1. The zero-order valence-electron chi connectivity index (χ0n) is 11.9. The van der Waals surface area contributed by atoms with Crippen molar-refractivity contribution in [3.8, 4) is 5.75 Å². The Kier molecular flexibility index (Phi) is 4.59. The van der Waals surface area contributed by atoms with Crippen LogP contribution in [0.5, 0.6) is 5.75 Å². The molecule has 0 aromatic heterocycles. The number of rotatable bonds is 6. The molecular weight excluding hydrogens is 238 g/mol. The largest absolute Gasteiger partial charge is 0.494 e. The van der Waals surface area contributed by atoms with Gasteiger partial charge in [0.2, 0.25) is 0 Å². The standard InChI is InChI=1S/C16H23NO2/c1-3-10-16(11-5-12-17-16)15(18)13-6-8-14(9-7-13)19-4-2/h6-9,17H,3-5,10-12H2,1-2H3. The number of benzene rings is 1.